The predicted molar refractivity (Wildman–Crippen MR) is 83.5 cm³/mol. The third kappa shape index (κ3) is 1.77. The molecule has 0 aliphatic heterocycles. The van der Waals surface area contributed by atoms with Crippen molar-refractivity contribution in [3.8, 4) is 11.4 Å². The van der Waals surface area contributed by atoms with Gasteiger partial charge in [-0.15, -0.1) is 0 Å². The van der Waals surface area contributed by atoms with Crippen LogP contribution in [0.3, 0.4) is 0 Å². The Morgan fingerprint density at radius 3 is 2.73 bits per heavy atom. The molecule has 1 aromatic carbocycles. The largest absolute Gasteiger partial charge is 0.497 e. The summed E-state index contributed by atoms with van der Waals surface area (Å²) in [6, 6.07) is 9.14. The molecule has 1 N–H and O–H groups in total. The highest BCUT2D eigenvalue weighted by atomic mass is 16.5. The van der Waals surface area contributed by atoms with E-state index in [0.29, 0.717) is 5.39 Å². The van der Waals surface area contributed by atoms with Crippen molar-refractivity contribution >= 4 is 21.8 Å². The number of nitrogens with one attached hydrogen (secondary N) is 1. The number of methoxy groups -OCH3 is 1. The van der Waals surface area contributed by atoms with Crippen molar-refractivity contribution in [3.63, 3.8) is 0 Å². The van der Waals surface area contributed by atoms with Gasteiger partial charge >= 0.3 is 0 Å². The van der Waals surface area contributed by atoms with E-state index in [4.69, 9.17) is 4.74 Å². The maximum absolute atomic E-state index is 12.5. The molecule has 0 spiro atoms. The molecule has 3 heterocycles. The van der Waals surface area contributed by atoms with E-state index in [0.717, 1.165) is 27.9 Å². The van der Waals surface area contributed by atoms with Crippen molar-refractivity contribution in [2.45, 2.75) is 0 Å². The van der Waals surface area contributed by atoms with Gasteiger partial charge in [0.05, 0.1) is 29.2 Å². The molecular formula is C16H12N4O2. The number of hydrogen-bond donors (Lipinski definition) is 1. The number of ether oxygens (including phenoxy) is 1. The van der Waals surface area contributed by atoms with Gasteiger partial charge in [0.15, 0.2) is 0 Å². The number of nitrogens with zero attached hydrogens (tertiary/aromatic N) is 3. The minimum atomic E-state index is -0.133. The van der Waals surface area contributed by atoms with Gasteiger partial charge in [0.2, 0.25) is 0 Å². The van der Waals surface area contributed by atoms with E-state index in [1.54, 1.807) is 37.8 Å². The third-order valence-electron chi connectivity index (χ3n) is 3.65. The van der Waals surface area contributed by atoms with Gasteiger partial charge in [-0.3, -0.25) is 19.9 Å². The number of H-pyrrole nitrogens is 1. The van der Waals surface area contributed by atoms with E-state index in [-0.39, 0.29) is 5.56 Å². The summed E-state index contributed by atoms with van der Waals surface area (Å²) in [5.74, 6) is 0.732. The number of pyridine rings is 2. The lowest BCUT2D eigenvalue weighted by Crippen LogP contribution is -2.14. The van der Waals surface area contributed by atoms with Gasteiger partial charge in [-0.1, -0.05) is 0 Å². The molecule has 0 amide bonds. The molecule has 22 heavy (non-hydrogen) atoms. The summed E-state index contributed by atoms with van der Waals surface area (Å²) in [7, 11) is 1.61. The molecule has 4 rings (SSSR count). The lowest BCUT2D eigenvalue weighted by Gasteiger charge is -2.02. The first-order valence-electron chi connectivity index (χ1n) is 6.76. The zero-order valence-electron chi connectivity index (χ0n) is 11.8. The van der Waals surface area contributed by atoms with Gasteiger partial charge in [-0.2, -0.15) is 0 Å². The molecule has 3 aromatic heterocycles. The van der Waals surface area contributed by atoms with Gasteiger partial charge < -0.3 is 4.74 Å². The monoisotopic (exact) mass is 292 g/mol. The van der Waals surface area contributed by atoms with E-state index >= 15 is 0 Å². The molecule has 0 bridgehead atoms. The zero-order valence-corrected chi connectivity index (χ0v) is 11.8. The fraction of sp³-hybridized carbons (Fsp3) is 0.0625. The summed E-state index contributed by atoms with van der Waals surface area (Å²) in [5, 5.41) is 4.58. The lowest BCUT2D eigenvalue weighted by molar-refractivity contribution is 0.415. The molecule has 6 nitrogen and oxygen atoms in total. The second kappa shape index (κ2) is 4.70. The van der Waals surface area contributed by atoms with E-state index in [1.165, 1.54) is 4.68 Å². The fourth-order valence-electron chi connectivity index (χ4n) is 2.54. The minimum absolute atomic E-state index is 0.133. The van der Waals surface area contributed by atoms with Gasteiger partial charge in [-0.25, -0.2) is 4.68 Å². The highest BCUT2D eigenvalue weighted by Gasteiger charge is 2.12. The van der Waals surface area contributed by atoms with Crippen LogP contribution < -0.4 is 10.3 Å². The van der Waals surface area contributed by atoms with Crippen LogP contribution in [0.5, 0.6) is 5.75 Å². The third-order valence-corrected chi connectivity index (χ3v) is 3.65. The highest BCUT2D eigenvalue weighted by Crippen LogP contribution is 2.24. The van der Waals surface area contributed by atoms with Gasteiger partial charge in [-0.05, 0) is 24.3 Å². The fourth-order valence-corrected chi connectivity index (χ4v) is 2.54. The summed E-state index contributed by atoms with van der Waals surface area (Å²) in [6.45, 7) is 0. The van der Waals surface area contributed by atoms with Crippen molar-refractivity contribution < 1.29 is 4.74 Å². The molecule has 0 fully saturated rings. The molecule has 108 valence electrons. The average molecular weight is 292 g/mol. The first-order valence-corrected chi connectivity index (χ1v) is 6.76. The number of hydrogen-bond acceptors (Lipinski definition) is 4. The number of rotatable bonds is 2. The number of benzene rings is 1. The average Bonchev–Trinajstić information content (AvgIpc) is 2.92. The topological polar surface area (TPSA) is 72.8 Å². The van der Waals surface area contributed by atoms with Crippen LogP contribution >= 0.6 is 0 Å². The molecule has 0 saturated heterocycles. The standard InChI is InChI=1S/C16H12N4O2/c1-22-11-2-3-12-14(8-11)18-9-13-15(12)19-20(16(13)21)10-4-6-17-7-5-10/h2-9,19H,1H3. The Bertz CT molecular complexity index is 1030. The molecular weight excluding hydrogens is 280 g/mol. The summed E-state index contributed by atoms with van der Waals surface area (Å²) in [4.78, 5) is 20.9. The Kier molecular flexibility index (Phi) is 2.69. The van der Waals surface area contributed by atoms with E-state index in [1.807, 2.05) is 18.2 Å². The van der Waals surface area contributed by atoms with Gasteiger partial charge in [0.1, 0.15) is 5.75 Å². The van der Waals surface area contributed by atoms with Crippen LogP contribution in [0, 0.1) is 0 Å². The van der Waals surface area contributed by atoms with Crippen LogP contribution in [0.15, 0.2) is 53.7 Å². The molecule has 0 saturated carbocycles. The van der Waals surface area contributed by atoms with Crippen molar-refractivity contribution in [2.24, 2.45) is 0 Å². The molecule has 0 aliphatic rings. The van der Waals surface area contributed by atoms with Crippen molar-refractivity contribution in [1.82, 2.24) is 19.7 Å². The Balaban J connectivity index is 2.05. The summed E-state index contributed by atoms with van der Waals surface area (Å²) >= 11 is 0. The van der Waals surface area contributed by atoms with Crippen LogP contribution in [0.25, 0.3) is 27.5 Å². The highest BCUT2D eigenvalue weighted by molar-refractivity contribution is 6.03. The summed E-state index contributed by atoms with van der Waals surface area (Å²) < 4.78 is 6.71. The van der Waals surface area contributed by atoms with E-state index in [9.17, 15) is 4.79 Å². The maximum atomic E-state index is 12.5. The lowest BCUT2D eigenvalue weighted by atomic mass is 10.1. The Morgan fingerprint density at radius 2 is 1.95 bits per heavy atom. The smallest absolute Gasteiger partial charge is 0.280 e. The van der Waals surface area contributed by atoms with Crippen molar-refractivity contribution in [1.29, 1.82) is 0 Å². The maximum Gasteiger partial charge on any atom is 0.280 e. The first-order chi connectivity index (χ1) is 10.8. The molecule has 4 aromatic rings. The molecule has 0 unspecified atom stereocenters. The van der Waals surface area contributed by atoms with Crippen LogP contribution in [-0.2, 0) is 0 Å². The quantitative estimate of drug-likeness (QED) is 0.615. The molecule has 6 heteroatoms. The Morgan fingerprint density at radius 1 is 1.14 bits per heavy atom. The normalized spacial score (nSPS) is 11.1. The summed E-state index contributed by atoms with van der Waals surface area (Å²) in [6.07, 6.45) is 4.89. The van der Waals surface area contributed by atoms with Crippen molar-refractivity contribution in [2.75, 3.05) is 7.11 Å². The second-order valence-corrected chi connectivity index (χ2v) is 4.89. The Hall–Kier alpha value is -3.15. The number of aromatic amines is 1. The Labute approximate surface area is 125 Å². The van der Waals surface area contributed by atoms with Gasteiger partial charge in [0.25, 0.3) is 5.56 Å². The van der Waals surface area contributed by atoms with Crippen molar-refractivity contribution in [3.05, 3.63) is 59.3 Å². The van der Waals surface area contributed by atoms with Crippen LogP contribution in [0.1, 0.15) is 0 Å². The molecule has 0 aliphatic carbocycles. The van der Waals surface area contributed by atoms with Crippen LogP contribution in [-0.4, -0.2) is 26.9 Å². The molecule has 0 radical (unpaired) electrons. The summed E-state index contributed by atoms with van der Waals surface area (Å²) in [5.41, 5.74) is 2.13. The van der Waals surface area contributed by atoms with E-state index in [2.05, 4.69) is 15.1 Å². The zero-order chi connectivity index (χ0) is 15.1. The molecule has 0 atom stereocenters. The van der Waals surface area contributed by atoms with E-state index < -0.39 is 0 Å². The number of fused-ring (bicyclic) bond motifs is 3. The van der Waals surface area contributed by atoms with Gasteiger partial charge in [0, 0.05) is 30.0 Å². The SMILES string of the molecule is COc1ccc2c(c1)ncc1c(=O)n(-c3ccncc3)[nH]c12. The minimum Gasteiger partial charge on any atom is -0.497 e. The predicted octanol–water partition coefficient (Wildman–Crippen LogP) is 2.27. The second-order valence-electron chi connectivity index (χ2n) is 4.89. The van der Waals surface area contributed by atoms with Crippen LogP contribution in [0.4, 0.5) is 0 Å². The number of aromatic nitrogens is 4. The first kappa shape index (κ1) is 12.6. The van der Waals surface area contributed by atoms with Crippen LogP contribution in [0.2, 0.25) is 0 Å².